The number of piperidine rings is 2. The van der Waals surface area contributed by atoms with E-state index in [1.165, 1.54) is 58.4 Å². The molecule has 0 amide bonds. The van der Waals surface area contributed by atoms with Crippen molar-refractivity contribution in [3.05, 3.63) is 35.9 Å². The molecule has 0 spiro atoms. The molecule has 0 saturated carbocycles. The largest absolute Gasteiger partial charge is 0.316 e. The van der Waals surface area contributed by atoms with Crippen LogP contribution in [0.25, 0.3) is 0 Å². The fraction of sp³-hybridized carbons (Fsp3) is 0.647. The van der Waals surface area contributed by atoms with E-state index in [0.29, 0.717) is 0 Å². The fourth-order valence-corrected chi connectivity index (χ4v) is 3.62. The minimum atomic E-state index is 0.793. The van der Waals surface area contributed by atoms with Gasteiger partial charge in [-0.05, 0) is 69.3 Å². The Morgan fingerprint density at radius 1 is 1.05 bits per heavy atom. The smallest absolute Gasteiger partial charge is 0.00218 e. The molecule has 1 aromatic carbocycles. The van der Waals surface area contributed by atoms with Gasteiger partial charge in [0, 0.05) is 6.54 Å². The minimum absolute atomic E-state index is 0.793. The van der Waals surface area contributed by atoms with Crippen LogP contribution in [0.3, 0.4) is 0 Å². The minimum Gasteiger partial charge on any atom is -0.316 e. The zero-order chi connectivity index (χ0) is 12.9. The summed E-state index contributed by atoms with van der Waals surface area (Å²) in [5.41, 5.74) is 1.54. The fourth-order valence-electron chi connectivity index (χ4n) is 3.62. The Morgan fingerprint density at radius 3 is 2.53 bits per heavy atom. The van der Waals surface area contributed by atoms with Crippen molar-refractivity contribution >= 4 is 0 Å². The summed E-state index contributed by atoms with van der Waals surface area (Å²) in [5.74, 6) is 1.68. The molecule has 0 bridgehead atoms. The Balaban J connectivity index is 1.46. The van der Waals surface area contributed by atoms with E-state index >= 15 is 0 Å². The second-order valence-corrected chi connectivity index (χ2v) is 6.20. The van der Waals surface area contributed by atoms with Gasteiger partial charge < -0.3 is 10.2 Å². The van der Waals surface area contributed by atoms with Crippen LogP contribution < -0.4 is 5.32 Å². The van der Waals surface area contributed by atoms with Crippen molar-refractivity contribution in [1.29, 1.82) is 0 Å². The van der Waals surface area contributed by atoms with Gasteiger partial charge in [-0.1, -0.05) is 30.3 Å². The SMILES string of the molecule is c1ccc(C2CCN(C[C@@H]3CCCNC3)CC2)cc1. The number of benzene rings is 1. The van der Waals surface area contributed by atoms with Crippen LogP contribution in [-0.4, -0.2) is 37.6 Å². The molecular formula is C17H26N2. The topological polar surface area (TPSA) is 15.3 Å². The van der Waals surface area contributed by atoms with E-state index in [1.54, 1.807) is 5.56 Å². The molecule has 2 fully saturated rings. The van der Waals surface area contributed by atoms with Crippen LogP contribution in [0.2, 0.25) is 0 Å². The Morgan fingerprint density at radius 2 is 1.84 bits per heavy atom. The van der Waals surface area contributed by atoms with Crippen molar-refractivity contribution in [1.82, 2.24) is 10.2 Å². The molecule has 2 aliphatic rings. The molecule has 1 N–H and O–H groups in total. The van der Waals surface area contributed by atoms with Gasteiger partial charge in [-0.25, -0.2) is 0 Å². The molecule has 2 heterocycles. The van der Waals surface area contributed by atoms with Crippen LogP contribution in [0.15, 0.2) is 30.3 Å². The van der Waals surface area contributed by atoms with Crippen molar-refractivity contribution in [3.8, 4) is 0 Å². The maximum absolute atomic E-state index is 3.53. The average molecular weight is 258 g/mol. The van der Waals surface area contributed by atoms with Crippen molar-refractivity contribution in [2.75, 3.05) is 32.7 Å². The first kappa shape index (κ1) is 13.1. The van der Waals surface area contributed by atoms with Gasteiger partial charge in [0.25, 0.3) is 0 Å². The van der Waals surface area contributed by atoms with Crippen molar-refractivity contribution < 1.29 is 0 Å². The quantitative estimate of drug-likeness (QED) is 0.897. The van der Waals surface area contributed by atoms with Gasteiger partial charge >= 0.3 is 0 Å². The number of rotatable bonds is 3. The summed E-state index contributed by atoms with van der Waals surface area (Å²) in [6.07, 6.45) is 5.46. The molecule has 0 aliphatic carbocycles. The van der Waals surface area contributed by atoms with Crippen molar-refractivity contribution in [2.45, 2.75) is 31.6 Å². The Kier molecular flexibility index (Phi) is 4.52. The number of likely N-dealkylation sites (tertiary alicyclic amines) is 1. The van der Waals surface area contributed by atoms with E-state index in [2.05, 4.69) is 40.5 Å². The second kappa shape index (κ2) is 6.53. The van der Waals surface area contributed by atoms with E-state index in [0.717, 1.165) is 11.8 Å². The summed E-state index contributed by atoms with van der Waals surface area (Å²) in [7, 11) is 0. The third-order valence-electron chi connectivity index (χ3n) is 4.77. The molecule has 1 atom stereocenters. The van der Waals surface area contributed by atoms with Gasteiger partial charge in [-0.15, -0.1) is 0 Å². The highest BCUT2D eigenvalue weighted by Crippen LogP contribution is 2.28. The molecule has 2 aliphatic heterocycles. The predicted octanol–water partition coefficient (Wildman–Crippen LogP) is 2.87. The van der Waals surface area contributed by atoms with E-state index in [1.807, 2.05) is 0 Å². The number of hydrogen-bond acceptors (Lipinski definition) is 2. The van der Waals surface area contributed by atoms with Crippen molar-refractivity contribution in [2.24, 2.45) is 5.92 Å². The van der Waals surface area contributed by atoms with E-state index in [9.17, 15) is 0 Å². The van der Waals surface area contributed by atoms with Crippen LogP contribution >= 0.6 is 0 Å². The first-order chi connectivity index (χ1) is 9.42. The second-order valence-electron chi connectivity index (χ2n) is 6.20. The highest BCUT2D eigenvalue weighted by atomic mass is 15.1. The highest BCUT2D eigenvalue weighted by Gasteiger charge is 2.23. The monoisotopic (exact) mass is 258 g/mol. The first-order valence-corrected chi connectivity index (χ1v) is 7.90. The molecule has 2 heteroatoms. The van der Waals surface area contributed by atoms with Crippen LogP contribution in [-0.2, 0) is 0 Å². The molecule has 3 rings (SSSR count). The van der Waals surface area contributed by atoms with Gasteiger partial charge in [0.1, 0.15) is 0 Å². The lowest BCUT2D eigenvalue weighted by atomic mass is 9.88. The third kappa shape index (κ3) is 3.58. The number of nitrogens with one attached hydrogen (secondary N) is 1. The van der Waals surface area contributed by atoms with Gasteiger partial charge in [-0.3, -0.25) is 0 Å². The van der Waals surface area contributed by atoms with E-state index in [-0.39, 0.29) is 0 Å². The van der Waals surface area contributed by atoms with Gasteiger partial charge in [0.05, 0.1) is 0 Å². The summed E-state index contributed by atoms with van der Waals surface area (Å²) in [6, 6.07) is 11.1. The normalized spacial score (nSPS) is 26.4. The Hall–Kier alpha value is -0.860. The highest BCUT2D eigenvalue weighted by molar-refractivity contribution is 5.20. The van der Waals surface area contributed by atoms with Crippen LogP contribution in [0, 0.1) is 5.92 Å². The average Bonchev–Trinajstić information content (AvgIpc) is 2.50. The summed E-state index contributed by atoms with van der Waals surface area (Å²) in [4.78, 5) is 2.69. The van der Waals surface area contributed by atoms with Crippen LogP contribution in [0.1, 0.15) is 37.2 Å². The molecule has 2 nitrogen and oxygen atoms in total. The van der Waals surface area contributed by atoms with Crippen LogP contribution in [0.4, 0.5) is 0 Å². The third-order valence-corrected chi connectivity index (χ3v) is 4.77. The molecule has 2 saturated heterocycles. The van der Waals surface area contributed by atoms with E-state index < -0.39 is 0 Å². The molecule has 1 aromatic rings. The Labute approximate surface area is 117 Å². The van der Waals surface area contributed by atoms with E-state index in [4.69, 9.17) is 0 Å². The van der Waals surface area contributed by atoms with Gasteiger partial charge in [0.15, 0.2) is 0 Å². The zero-order valence-electron chi connectivity index (χ0n) is 11.9. The standard InChI is InChI=1S/C17H26N2/c1-2-6-16(7-3-1)17-8-11-19(12-9-17)14-15-5-4-10-18-13-15/h1-3,6-7,15,17-18H,4-5,8-14H2/t15-/m1/s1. The summed E-state index contributed by atoms with van der Waals surface area (Å²) < 4.78 is 0. The Bertz CT molecular complexity index is 362. The lowest BCUT2D eigenvalue weighted by molar-refractivity contribution is 0.169. The summed E-state index contributed by atoms with van der Waals surface area (Å²) >= 11 is 0. The van der Waals surface area contributed by atoms with Crippen molar-refractivity contribution in [3.63, 3.8) is 0 Å². The summed E-state index contributed by atoms with van der Waals surface area (Å²) in [5, 5.41) is 3.53. The molecule has 0 unspecified atom stereocenters. The number of nitrogens with zero attached hydrogens (tertiary/aromatic N) is 1. The van der Waals surface area contributed by atoms with Gasteiger partial charge in [0.2, 0.25) is 0 Å². The maximum atomic E-state index is 3.53. The summed E-state index contributed by atoms with van der Waals surface area (Å²) in [6.45, 7) is 6.35. The maximum Gasteiger partial charge on any atom is 0.00218 e. The number of hydrogen-bond donors (Lipinski definition) is 1. The molecule has 0 radical (unpaired) electrons. The lowest BCUT2D eigenvalue weighted by Crippen LogP contribution is -2.41. The molecule has 19 heavy (non-hydrogen) atoms. The molecule has 104 valence electrons. The lowest BCUT2D eigenvalue weighted by Gasteiger charge is -2.35. The molecule has 0 aromatic heterocycles. The zero-order valence-corrected chi connectivity index (χ0v) is 11.9. The van der Waals surface area contributed by atoms with Crippen LogP contribution in [0.5, 0.6) is 0 Å². The predicted molar refractivity (Wildman–Crippen MR) is 80.5 cm³/mol. The first-order valence-electron chi connectivity index (χ1n) is 7.90. The van der Waals surface area contributed by atoms with Gasteiger partial charge in [-0.2, -0.15) is 0 Å². The molecular weight excluding hydrogens is 232 g/mol.